The van der Waals surface area contributed by atoms with E-state index in [4.69, 9.17) is 11.0 Å². The van der Waals surface area contributed by atoms with Gasteiger partial charge in [0.15, 0.2) is 8.07 Å². The van der Waals surface area contributed by atoms with Crippen molar-refractivity contribution in [1.29, 1.82) is 0 Å². The molecule has 0 unspecified atom stereocenters. The van der Waals surface area contributed by atoms with Gasteiger partial charge in [0.05, 0.1) is 39.9 Å². The highest BCUT2D eigenvalue weighted by Gasteiger charge is 2.43. The minimum atomic E-state index is -3.04. The van der Waals surface area contributed by atoms with Crippen LogP contribution in [0.15, 0.2) is 254 Å². The van der Waals surface area contributed by atoms with Crippen molar-refractivity contribution in [2.24, 2.45) is 0 Å². The molecule has 0 spiro atoms. The van der Waals surface area contributed by atoms with Crippen LogP contribution in [0.3, 0.4) is 0 Å². The molecule has 12 rings (SSSR count). The first kappa shape index (κ1) is 25.7. The molecule has 2 heterocycles. The van der Waals surface area contributed by atoms with E-state index in [0.717, 1.165) is 38.3 Å². The molecule has 0 bridgehead atoms. The third-order valence-electron chi connectivity index (χ3n) is 12.1. The third-order valence-corrected chi connectivity index (χ3v) is 16.9. The summed E-state index contributed by atoms with van der Waals surface area (Å²) in [6.45, 7) is 0. The van der Waals surface area contributed by atoms with Gasteiger partial charge in [-0.25, -0.2) is 0 Å². The molecule has 0 aliphatic heterocycles. The molecule has 0 N–H and O–H groups in total. The quantitative estimate of drug-likeness (QED) is 0.107. The molecule has 0 radical (unpaired) electrons. The molecule has 296 valence electrons. The number of nitrogens with zero attached hydrogens (tertiary/aromatic N) is 2. The van der Waals surface area contributed by atoms with E-state index in [1.54, 1.807) is 4.57 Å². The molecule has 0 amide bonds. The summed E-state index contributed by atoms with van der Waals surface area (Å²) in [5.41, 5.74) is 1.74. The van der Waals surface area contributed by atoms with Gasteiger partial charge in [0, 0.05) is 32.9 Å². The molecule has 3 heteroatoms. The molecular weight excluding hydrogens is 777 g/mol. The normalized spacial score (nSPS) is 14.7. The highest BCUT2D eigenvalue weighted by atomic mass is 28.3. The zero-order valence-corrected chi connectivity index (χ0v) is 34.6. The van der Waals surface area contributed by atoms with Crippen molar-refractivity contribution < 1.29 is 17.8 Å². The molecule has 63 heavy (non-hydrogen) atoms. The average Bonchev–Trinajstić information content (AvgIpc) is 3.97. The fourth-order valence-corrected chi connectivity index (χ4v) is 14.5. The SMILES string of the molecule is [2H]c1c([2H])c([2H])c(-c2c([2H])c([2H])c([2H])c(-c3c([2H])c([2H])c([2H])c(-n4c5ccccc5c5cc(-n6c7ccccc7c7c([Si](c8ccccc8)(c8ccccc8)c8ccccc8)cccc76)ccc54)c3[2H])c2[2H])c([2H])c1[2H]. The smallest absolute Gasteiger partial charge is 0.180 e. The fourth-order valence-electron chi connectivity index (χ4n) is 9.52. The van der Waals surface area contributed by atoms with E-state index in [0.29, 0.717) is 11.0 Å². The lowest BCUT2D eigenvalue weighted by molar-refractivity contribution is 1.17. The lowest BCUT2D eigenvalue weighted by atomic mass is 9.99. The Hall–Kier alpha value is -7.98. The van der Waals surface area contributed by atoms with Gasteiger partial charge in [0.25, 0.3) is 0 Å². The monoisotopic (exact) mass is 831 g/mol. The van der Waals surface area contributed by atoms with Gasteiger partial charge in [-0.15, -0.1) is 0 Å². The molecule has 2 aromatic heterocycles. The van der Waals surface area contributed by atoms with Gasteiger partial charge in [-0.05, 0) is 97.5 Å². The zero-order chi connectivity index (χ0) is 53.1. The lowest BCUT2D eigenvalue weighted by Gasteiger charge is -2.35. The van der Waals surface area contributed by atoms with Crippen LogP contribution in [0, 0.1) is 0 Å². The second-order valence-electron chi connectivity index (χ2n) is 15.4. The summed E-state index contributed by atoms with van der Waals surface area (Å²) in [4.78, 5) is 0. The first-order valence-corrected chi connectivity index (χ1v) is 22.7. The summed E-state index contributed by atoms with van der Waals surface area (Å²) in [6.07, 6.45) is 0. The predicted octanol–water partition coefficient (Wildman–Crippen LogP) is 12.6. The Morgan fingerprint density at radius 2 is 0.825 bits per heavy atom. The molecule has 0 atom stereocenters. The van der Waals surface area contributed by atoms with Crippen molar-refractivity contribution in [1.82, 2.24) is 9.13 Å². The fraction of sp³-hybridized carbons (Fsp3) is 0. The summed E-state index contributed by atoms with van der Waals surface area (Å²) in [6, 6.07) is 51.9. The van der Waals surface area contributed by atoms with Gasteiger partial charge in [0.1, 0.15) is 0 Å². The van der Waals surface area contributed by atoms with Crippen LogP contribution in [-0.2, 0) is 0 Å². The number of rotatable bonds is 8. The summed E-state index contributed by atoms with van der Waals surface area (Å²) in [7, 11) is -3.04. The van der Waals surface area contributed by atoms with Crippen molar-refractivity contribution in [2.45, 2.75) is 0 Å². The molecule has 10 aromatic carbocycles. The first-order valence-electron chi connectivity index (χ1n) is 27.2. The largest absolute Gasteiger partial charge is 0.309 e. The van der Waals surface area contributed by atoms with Crippen LogP contribution >= 0.6 is 0 Å². The van der Waals surface area contributed by atoms with Gasteiger partial charge in [-0.1, -0.05) is 200 Å². The van der Waals surface area contributed by atoms with E-state index in [2.05, 4.69) is 138 Å². The maximum atomic E-state index is 9.88. The van der Waals surface area contributed by atoms with Crippen LogP contribution in [0.1, 0.15) is 17.8 Å². The van der Waals surface area contributed by atoms with Crippen molar-refractivity contribution in [3.05, 3.63) is 254 Å². The summed E-state index contributed by atoms with van der Waals surface area (Å²) >= 11 is 0. The van der Waals surface area contributed by atoms with Crippen molar-refractivity contribution in [3.63, 3.8) is 0 Å². The predicted molar refractivity (Wildman–Crippen MR) is 270 cm³/mol. The Morgan fingerprint density at radius 3 is 1.49 bits per heavy atom. The third kappa shape index (κ3) is 5.93. The number of benzene rings is 10. The highest BCUT2D eigenvalue weighted by Crippen LogP contribution is 2.38. The van der Waals surface area contributed by atoms with E-state index in [9.17, 15) is 6.85 Å². The molecule has 0 saturated carbocycles. The molecule has 0 saturated heterocycles. The first-order chi connectivity index (χ1) is 36.7. The van der Waals surface area contributed by atoms with Crippen LogP contribution in [0.2, 0.25) is 0 Å². The Morgan fingerprint density at radius 1 is 0.333 bits per heavy atom. The molecular formula is C60H42N2Si. The van der Waals surface area contributed by atoms with E-state index >= 15 is 0 Å². The maximum Gasteiger partial charge on any atom is 0.180 e. The highest BCUT2D eigenvalue weighted by molar-refractivity contribution is 7.20. The lowest BCUT2D eigenvalue weighted by Crippen LogP contribution is -2.74. The summed E-state index contributed by atoms with van der Waals surface area (Å²) < 4.78 is 120. The van der Waals surface area contributed by atoms with Gasteiger partial charge in [-0.2, -0.15) is 0 Å². The van der Waals surface area contributed by atoms with Crippen molar-refractivity contribution in [3.8, 4) is 33.6 Å². The molecule has 0 aliphatic carbocycles. The van der Waals surface area contributed by atoms with E-state index in [1.165, 1.54) is 20.7 Å². The molecule has 2 nitrogen and oxygen atoms in total. The topological polar surface area (TPSA) is 9.86 Å². The van der Waals surface area contributed by atoms with Gasteiger partial charge < -0.3 is 9.13 Å². The Balaban J connectivity index is 1.12. The molecule has 0 aliphatic rings. The number of fused-ring (bicyclic) bond motifs is 6. The minimum absolute atomic E-state index is 0.134. The van der Waals surface area contributed by atoms with Crippen LogP contribution in [0.25, 0.3) is 77.2 Å². The van der Waals surface area contributed by atoms with Crippen LogP contribution in [0.4, 0.5) is 0 Å². The van der Waals surface area contributed by atoms with Gasteiger partial charge in [0.2, 0.25) is 0 Å². The Kier molecular flexibility index (Phi) is 6.19. The zero-order valence-electron chi connectivity index (χ0n) is 46.6. The molecule has 12 aromatic rings. The number of aromatic nitrogens is 2. The van der Waals surface area contributed by atoms with Crippen LogP contribution < -0.4 is 20.7 Å². The van der Waals surface area contributed by atoms with Gasteiger partial charge >= 0.3 is 0 Å². The van der Waals surface area contributed by atoms with E-state index in [-0.39, 0.29) is 5.69 Å². The van der Waals surface area contributed by atoms with Crippen LogP contribution in [-0.4, -0.2) is 17.2 Å². The van der Waals surface area contributed by atoms with E-state index in [1.807, 2.05) is 42.5 Å². The number of hydrogen-bond acceptors (Lipinski definition) is 0. The average molecular weight is 832 g/mol. The van der Waals surface area contributed by atoms with Gasteiger partial charge in [-0.3, -0.25) is 0 Å². The summed E-state index contributed by atoms with van der Waals surface area (Å²) in [5, 5.41) is 8.66. The van der Waals surface area contributed by atoms with Crippen LogP contribution in [0.5, 0.6) is 0 Å². The second kappa shape index (κ2) is 15.2. The maximum absolute atomic E-state index is 9.88. The molecule has 0 fully saturated rings. The van der Waals surface area contributed by atoms with E-state index < -0.39 is 109 Å². The minimum Gasteiger partial charge on any atom is -0.309 e. The number of hydrogen-bond donors (Lipinski definition) is 0. The summed E-state index contributed by atoms with van der Waals surface area (Å²) in [5.74, 6) is 0. The number of para-hydroxylation sites is 2. The van der Waals surface area contributed by atoms with Crippen molar-refractivity contribution in [2.75, 3.05) is 0 Å². The Bertz CT molecular complexity index is 4260. The standard InChI is InChI=1S/C60H42N2Si/c1-5-20-43(21-6-1)44-22-17-23-45(40-44)46-24-18-25-47(41-46)61-55-34-15-13-32-52(55)54-42-48(38-39-57(54)61)62-56-35-16-14-33-53(56)60-58(62)36-19-37-59(60)63(49-26-7-2-8-27-49,50-28-9-3-10-29-50)51-30-11-4-12-31-51/h1-42H/i1D,5D,6D,17D,18D,20D,21D,22D,23D,24D,25D,40D,41D. The van der Waals surface area contributed by atoms with Crippen molar-refractivity contribution >= 4 is 72.4 Å². The second-order valence-corrected chi connectivity index (χ2v) is 19.2. The Labute approximate surface area is 386 Å².